The van der Waals surface area contributed by atoms with Crippen molar-refractivity contribution in [1.29, 1.82) is 0 Å². The third-order valence-corrected chi connectivity index (χ3v) is 71.0. The van der Waals surface area contributed by atoms with Crippen molar-refractivity contribution in [3.05, 3.63) is 54.1 Å². The van der Waals surface area contributed by atoms with Crippen LogP contribution in [0.4, 0.5) is 22.7 Å². The van der Waals surface area contributed by atoms with Crippen molar-refractivity contribution in [1.82, 2.24) is 0 Å². The highest BCUT2D eigenvalue weighted by Gasteiger charge is 2.57. The van der Waals surface area contributed by atoms with Gasteiger partial charge in [0.25, 0.3) is 0 Å². The summed E-state index contributed by atoms with van der Waals surface area (Å²) in [5.74, 6) is 0. The fourth-order valence-corrected chi connectivity index (χ4v) is 84.3. The van der Waals surface area contributed by atoms with Crippen LogP contribution in [0, 0.1) is 0 Å². The third-order valence-electron chi connectivity index (χ3n) is 22.3. The normalized spacial score (nSPS) is 20.1. The Balaban J connectivity index is 1.28. The molecular formula is C72H120Br2N4S6Si8. The van der Waals surface area contributed by atoms with Crippen LogP contribution in [0.15, 0.2) is 31.8 Å². The third kappa shape index (κ3) is 15.3. The van der Waals surface area contributed by atoms with Gasteiger partial charge in [0.1, 0.15) is 65.9 Å². The van der Waals surface area contributed by atoms with Crippen molar-refractivity contribution in [2.75, 3.05) is 16.9 Å². The lowest BCUT2D eigenvalue weighted by Crippen LogP contribution is -2.71. The lowest BCUT2D eigenvalue weighted by atomic mass is 10.0. The highest BCUT2D eigenvalue weighted by atomic mass is 79.9. The van der Waals surface area contributed by atoms with E-state index in [4.69, 9.17) is 0 Å². The molecule has 4 aliphatic rings. The number of rotatable bonds is 25. The molecule has 0 radical (unpaired) electrons. The van der Waals surface area contributed by atoms with Gasteiger partial charge in [-0.1, -0.05) is 209 Å². The molecule has 4 bridgehead atoms. The Labute approximate surface area is 611 Å². The summed E-state index contributed by atoms with van der Waals surface area (Å²) in [6.45, 7) is 54.6. The number of aryl methyl sites for hydroxylation is 4. The molecule has 4 aliphatic heterocycles. The van der Waals surface area contributed by atoms with Crippen LogP contribution >= 0.6 is 99.9 Å². The lowest BCUT2D eigenvalue weighted by molar-refractivity contribution is 0.668. The van der Waals surface area contributed by atoms with E-state index < -0.39 is 65.9 Å². The molecule has 20 heteroatoms. The second kappa shape index (κ2) is 29.6. The molecule has 10 rings (SSSR count). The van der Waals surface area contributed by atoms with Gasteiger partial charge < -0.3 is 16.9 Å². The Hall–Kier alpha value is 0.0951. The van der Waals surface area contributed by atoms with E-state index in [1.165, 1.54) is 181 Å². The van der Waals surface area contributed by atoms with Crippen LogP contribution in [-0.2, 0) is 25.7 Å². The summed E-state index contributed by atoms with van der Waals surface area (Å²) < 4.78 is 16.1. The van der Waals surface area contributed by atoms with Crippen molar-refractivity contribution < 1.29 is 0 Å². The van der Waals surface area contributed by atoms with Crippen LogP contribution in [-0.4, -0.2) is 65.9 Å². The van der Waals surface area contributed by atoms with E-state index in [0.29, 0.717) is 0 Å². The van der Waals surface area contributed by atoms with Crippen molar-refractivity contribution in [2.24, 2.45) is 0 Å². The quantitative estimate of drug-likeness (QED) is 0.0418. The maximum atomic E-state index is 4.19. The molecule has 0 saturated carbocycles. The van der Waals surface area contributed by atoms with Gasteiger partial charge >= 0.3 is 0 Å². The van der Waals surface area contributed by atoms with Crippen molar-refractivity contribution in [3.63, 3.8) is 0 Å². The van der Waals surface area contributed by atoms with Gasteiger partial charge in [-0.2, -0.15) is 0 Å². The highest BCUT2D eigenvalue weighted by Crippen LogP contribution is 2.66. The Morgan fingerprint density at radius 3 is 0.696 bits per heavy atom. The molecule has 0 aliphatic carbocycles. The zero-order chi connectivity index (χ0) is 66.7. The van der Waals surface area contributed by atoms with E-state index in [1.54, 1.807) is 84.0 Å². The molecule has 0 saturated heterocycles. The van der Waals surface area contributed by atoms with E-state index in [0.717, 1.165) is 12.8 Å². The van der Waals surface area contributed by atoms with Gasteiger partial charge in [0, 0.05) is 9.75 Å². The summed E-state index contributed by atoms with van der Waals surface area (Å²) in [6.07, 6.45) is 25.4. The molecule has 4 nitrogen and oxygen atoms in total. The predicted molar refractivity (Wildman–Crippen MR) is 456 cm³/mol. The summed E-state index contributed by atoms with van der Waals surface area (Å²) in [6, 6.07) is 22.0. The molecule has 0 amide bonds. The number of thiophene rings is 6. The molecule has 0 aromatic carbocycles. The maximum absolute atomic E-state index is 4.19. The Kier molecular flexibility index (Phi) is 24.0. The molecule has 10 heterocycles. The molecule has 0 atom stereocenters. The molecule has 0 unspecified atom stereocenters. The van der Waals surface area contributed by atoms with Crippen LogP contribution < -0.4 is 16.9 Å². The van der Waals surface area contributed by atoms with Crippen molar-refractivity contribution in [2.45, 2.75) is 309 Å². The molecule has 0 fully saturated rings. The number of unbranched alkanes of at least 4 members (excludes halogenated alkanes) is 12. The number of anilines is 4. The average Bonchev–Trinajstić information content (AvgIpc) is 1.46. The van der Waals surface area contributed by atoms with Gasteiger partial charge in [-0.3, -0.25) is 0 Å². The van der Waals surface area contributed by atoms with Crippen LogP contribution in [0.25, 0.3) is 48.8 Å². The van der Waals surface area contributed by atoms with E-state index in [1.807, 2.05) is 0 Å². The monoisotopic (exact) mass is 1610 g/mol. The zero-order valence-electron chi connectivity index (χ0n) is 61.1. The zero-order valence-corrected chi connectivity index (χ0v) is 77.2. The Morgan fingerprint density at radius 2 is 0.478 bits per heavy atom. The minimum Gasteiger partial charge on any atom is -0.421 e. The molecular weight excluding hydrogens is 1500 g/mol. The molecule has 6 aromatic rings. The van der Waals surface area contributed by atoms with E-state index in [2.05, 4.69) is 274 Å². The van der Waals surface area contributed by atoms with Crippen LogP contribution in [0.5, 0.6) is 0 Å². The second-order valence-electron chi connectivity index (χ2n) is 33.7. The van der Waals surface area contributed by atoms with Gasteiger partial charge in [0.15, 0.2) is 0 Å². The summed E-state index contributed by atoms with van der Waals surface area (Å²) in [4.78, 5) is 16.1. The first kappa shape index (κ1) is 74.8. The molecule has 92 heavy (non-hydrogen) atoms. The van der Waals surface area contributed by atoms with Gasteiger partial charge in [0.05, 0.1) is 69.3 Å². The fourth-order valence-electron chi connectivity index (χ4n) is 17.7. The fraction of sp³-hybridized carbons (Fsp3) is 0.667. The van der Waals surface area contributed by atoms with Gasteiger partial charge in [-0.15, -0.1) is 68.0 Å². The van der Waals surface area contributed by atoms with Gasteiger partial charge in [-0.05, 0) is 178 Å². The number of hydrogen-bond acceptors (Lipinski definition) is 10. The van der Waals surface area contributed by atoms with E-state index in [9.17, 15) is 0 Å². The number of halogens is 2. The summed E-state index contributed by atoms with van der Waals surface area (Å²) in [5.41, 5.74) is 13.4. The first-order valence-electron chi connectivity index (χ1n) is 36.6. The molecule has 0 N–H and O–H groups in total. The first-order chi connectivity index (χ1) is 43.3. The average molecular weight is 1620 g/mol. The smallest absolute Gasteiger partial charge is 0.141 e. The second-order valence-corrected chi connectivity index (χ2v) is 81.1. The van der Waals surface area contributed by atoms with E-state index >= 15 is 0 Å². The van der Waals surface area contributed by atoms with Crippen molar-refractivity contribution >= 4 is 189 Å². The SMILES string of the molecule is CCCCCCc1cc(Br)sc1-c1sc(-c2sc(-c3cc(CCCCCC)c(-c4sc(-c5sc(Br)cc5CCCCCC)c5c4N4[Si](C)(C)CC[Si](C)(C)N5[Si](C)(C)CC[Si]4(C)C)s3)cc2CCCCCC)c2c1N1[Si](C)(C)CC[Si](C)(C)N2[Si](C)(C)CC[Si]1(C)C. The Bertz CT molecular complexity index is 3230. The van der Waals surface area contributed by atoms with Crippen LogP contribution in [0.2, 0.25) is 153 Å². The summed E-state index contributed by atoms with van der Waals surface area (Å²) >= 11 is 21.6. The molecule has 0 spiro atoms. The first-order valence-corrected chi connectivity index (χ1v) is 68.4. The lowest BCUT2D eigenvalue weighted by Gasteiger charge is -2.60. The van der Waals surface area contributed by atoms with Crippen molar-refractivity contribution in [3.8, 4) is 48.8 Å². The molecule has 510 valence electrons. The maximum Gasteiger partial charge on any atom is 0.141 e. The van der Waals surface area contributed by atoms with Crippen LogP contribution in [0.1, 0.15) is 153 Å². The largest absolute Gasteiger partial charge is 0.421 e. The number of hydrogen-bond donors (Lipinski definition) is 0. The van der Waals surface area contributed by atoms with Crippen LogP contribution in [0.3, 0.4) is 0 Å². The minimum atomic E-state index is -1.98. The van der Waals surface area contributed by atoms with Gasteiger partial charge in [0.2, 0.25) is 0 Å². The number of nitrogens with zero attached hydrogens (tertiary/aromatic N) is 4. The predicted octanol–water partition coefficient (Wildman–Crippen LogP) is 29.3. The topological polar surface area (TPSA) is 13.0 Å². The summed E-state index contributed by atoms with van der Waals surface area (Å²) in [5, 5.41) is 0. The van der Waals surface area contributed by atoms with Gasteiger partial charge in [-0.25, -0.2) is 0 Å². The highest BCUT2D eigenvalue weighted by molar-refractivity contribution is 9.11. The van der Waals surface area contributed by atoms with E-state index in [-0.39, 0.29) is 0 Å². The standard InChI is InChI=1S/C72H120Br2N4S6Si8/c1-21-25-29-33-37-53-49-57(79-65(53)69-61-63(71(83-69)67-55(51-59(73)81-67)39-35-31-27-23-3)77-89(13,14)45-41-85(5,6)75(61)86(7,8)42-46-90(77,15)16)58-50-54(38-34-30-26-22-2)66(80-58)70-62-64(72(84-70)68-56(52-60(74)82-68)40-36-32-28-24-4)78-91(17,18)47-43-87(9,10)76(62)88(11,12)44-48-92(78,19)20/h49-52H,21-48H2,1-20H3. The molecule has 6 aromatic heterocycles. The summed E-state index contributed by atoms with van der Waals surface area (Å²) in [7, 11) is -15.7. The minimum absolute atomic E-state index is 1.16. The Morgan fingerprint density at radius 1 is 0.272 bits per heavy atom.